The SMILES string of the molecule is C=CCCC(=O)OC[C@H](NC(=O)[C@@H]1[C@H]2O[C@@]3(CC2Br)[C@H](C(=O)N(CC=C)c2ccc(N(CC)CC)cc2)N([C@@H](CC)CO)C(=O)[C@@H]13)c1ccccc1. The molecule has 5 rings (SSSR count). The van der Waals surface area contributed by atoms with Gasteiger partial charge in [-0.2, -0.15) is 0 Å². The van der Waals surface area contributed by atoms with Gasteiger partial charge in [0.1, 0.15) is 18.2 Å². The molecule has 0 aromatic heterocycles. The Morgan fingerprint density at radius 1 is 1.08 bits per heavy atom. The molecule has 3 fully saturated rings. The number of hydrogen-bond acceptors (Lipinski definition) is 8. The Morgan fingerprint density at radius 3 is 2.35 bits per heavy atom. The molecule has 1 unspecified atom stereocenters. The number of carbonyl (C=O) groups is 4. The van der Waals surface area contributed by atoms with Crippen LogP contribution in [-0.4, -0.2) is 95.2 Å². The topological polar surface area (TPSA) is 129 Å². The molecule has 11 nitrogen and oxygen atoms in total. The van der Waals surface area contributed by atoms with Gasteiger partial charge in [0.05, 0.1) is 36.6 Å². The number of rotatable bonds is 18. The molecule has 3 aliphatic heterocycles. The fraction of sp³-hybridized carbons (Fsp3) is 0.500. The van der Waals surface area contributed by atoms with E-state index in [0.717, 1.165) is 24.3 Å². The van der Waals surface area contributed by atoms with Crippen molar-refractivity contribution in [3.05, 3.63) is 85.5 Å². The van der Waals surface area contributed by atoms with E-state index in [1.807, 2.05) is 61.5 Å². The van der Waals surface area contributed by atoms with E-state index in [1.165, 1.54) is 4.90 Å². The van der Waals surface area contributed by atoms with Gasteiger partial charge in [0, 0.05) is 42.3 Å². The molecule has 2 N–H and O–H groups in total. The summed E-state index contributed by atoms with van der Waals surface area (Å²) in [5, 5.41) is 13.6. The van der Waals surface area contributed by atoms with Gasteiger partial charge in [-0.3, -0.25) is 19.2 Å². The predicted octanol–water partition coefficient (Wildman–Crippen LogP) is 4.94. The monoisotopic (exact) mass is 778 g/mol. The van der Waals surface area contributed by atoms with Gasteiger partial charge in [-0.1, -0.05) is 65.3 Å². The molecule has 52 heavy (non-hydrogen) atoms. The van der Waals surface area contributed by atoms with Crippen LogP contribution in [-0.2, 0) is 28.7 Å². The molecule has 0 aliphatic carbocycles. The highest BCUT2D eigenvalue weighted by Crippen LogP contribution is 2.60. The van der Waals surface area contributed by atoms with Crippen LogP contribution in [0, 0.1) is 11.8 Å². The van der Waals surface area contributed by atoms with Gasteiger partial charge < -0.3 is 34.6 Å². The van der Waals surface area contributed by atoms with Gasteiger partial charge >= 0.3 is 5.97 Å². The summed E-state index contributed by atoms with van der Waals surface area (Å²) < 4.78 is 12.3. The summed E-state index contributed by atoms with van der Waals surface area (Å²) in [4.78, 5) is 61.5. The van der Waals surface area contributed by atoms with E-state index in [-0.39, 0.29) is 36.9 Å². The number of aliphatic hydroxyl groups excluding tert-OH is 1. The molecule has 2 aromatic rings. The average Bonchev–Trinajstić information content (AvgIpc) is 3.76. The lowest BCUT2D eigenvalue weighted by atomic mass is 9.70. The summed E-state index contributed by atoms with van der Waals surface area (Å²) >= 11 is 3.75. The Morgan fingerprint density at radius 2 is 1.75 bits per heavy atom. The summed E-state index contributed by atoms with van der Waals surface area (Å²) in [7, 11) is 0. The maximum atomic E-state index is 15.0. The van der Waals surface area contributed by atoms with Crippen LogP contribution in [0.4, 0.5) is 11.4 Å². The molecule has 0 radical (unpaired) electrons. The molecule has 2 aromatic carbocycles. The Hall–Kier alpha value is -4.00. The standard InChI is InChI=1S/C40H51BrN4O7/c1-6-11-17-32(47)51-25-31(26-15-13-12-14-16-26)42-37(48)33-34-38(49)45(27(8-3)24-46)36(40(34)23-30(41)35(33)52-40)39(50)44(22-7-2)29-20-18-28(19-21-29)43(9-4)10-5/h6-7,12-16,18-21,27,30-31,33-36,46H,1-2,8-11,17,22-25H2,3-5H3,(H,42,48)/t27-,30?,31-,33-,34+,35-,36-,40+/m0/s1. The first-order chi connectivity index (χ1) is 25.1. The summed E-state index contributed by atoms with van der Waals surface area (Å²) in [6.07, 6.45) is 3.92. The number of aliphatic hydroxyl groups is 1. The van der Waals surface area contributed by atoms with Crippen molar-refractivity contribution in [3.8, 4) is 0 Å². The maximum absolute atomic E-state index is 15.0. The lowest BCUT2D eigenvalue weighted by Crippen LogP contribution is -2.59. The fourth-order valence-electron chi connectivity index (χ4n) is 8.13. The minimum absolute atomic E-state index is 0.106. The van der Waals surface area contributed by atoms with E-state index in [9.17, 15) is 24.3 Å². The number of nitrogens with one attached hydrogen (secondary N) is 1. The second-order valence-corrected chi connectivity index (χ2v) is 14.7. The molecule has 0 saturated carbocycles. The largest absolute Gasteiger partial charge is 0.463 e. The number of hydrogen-bond donors (Lipinski definition) is 2. The fourth-order valence-corrected chi connectivity index (χ4v) is 9.07. The molecule has 12 heteroatoms. The molecule has 8 atom stereocenters. The third-order valence-electron chi connectivity index (χ3n) is 10.7. The van der Waals surface area contributed by atoms with E-state index in [2.05, 4.69) is 53.2 Å². The van der Waals surface area contributed by atoms with Crippen LogP contribution in [0.1, 0.15) is 58.1 Å². The van der Waals surface area contributed by atoms with Crippen molar-refractivity contribution in [1.82, 2.24) is 10.2 Å². The first kappa shape index (κ1) is 39.2. The van der Waals surface area contributed by atoms with E-state index in [1.54, 1.807) is 17.1 Å². The minimum atomic E-state index is -1.34. The summed E-state index contributed by atoms with van der Waals surface area (Å²) in [5.74, 6) is -3.56. The van der Waals surface area contributed by atoms with Crippen LogP contribution >= 0.6 is 15.9 Å². The highest BCUT2D eigenvalue weighted by Gasteiger charge is 2.77. The number of amides is 3. The second-order valence-electron chi connectivity index (χ2n) is 13.6. The number of nitrogens with zero attached hydrogens (tertiary/aromatic N) is 3. The van der Waals surface area contributed by atoms with E-state index >= 15 is 0 Å². The number of fused-ring (bicyclic) bond motifs is 1. The maximum Gasteiger partial charge on any atom is 0.306 e. The molecule has 3 saturated heterocycles. The smallest absolute Gasteiger partial charge is 0.306 e. The average molecular weight is 780 g/mol. The van der Waals surface area contributed by atoms with Crippen molar-refractivity contribution < 1.29 is 33.8 Å². The van der Waals surface area contributed by atoms with Crippen LogP contribution in [0.25, 0.3) is 0 Å². The molecule has 3 aliphatic rings. The van der Waals surface area contributed by atoms with E-state index in [4.69, 9.17) is 9.47 Å². The third-order valence-corrected chi connectivity index (χ3v) is 11.5. The number of alkyl halides is 1. The number of carbonyl (C=O) groups excluding carboxylic acids is 4. The van der Waals surface area contributed by atoms with Crippen LogP contribution in [0.2, 0.25) is 0 Å². The van der Waals surface area contributed by atoms with Gasteiger partial charge in [-0.25, -0.2) is 0 Å². The van der Waals surface area contributed by atoms with Gasteiger partial charge in [-0.15, -0.1) is 13.2 Å². The summed E-state index contributed by atoms with van der Waals surface area (Å²) in [6, 6.07) is 14.4. The number of halogens is 1. The number of allylic oxidation sites excluding steroid dienone is 1. The zero-order chi connectivity index (χ0) is 37.6. The van der Waals surface area contributed by atoms with Gasteiger partial charge in [-0.05, 0) is 62.9 Å². The van der Waals surface area contributed by atoms with Crippen molar-refractivity contribution >= 4 is 51.0 Å². The zero-order valence-electron chi connectivity index (χ0n) is 30.3. The molecule has 3 heterocycles. The number of ether oxygens (including phenoxy) is 2. The van der Waals surface area contributed by atoms with Crippen LogP contribution < -0.4 is 15.1 Å². The Kier molecular flexibility index (Phi) is 13.0. The van der Waals surface area contributed by atoms with Crippen molar-refractivity contribution in [2.24, 2.45) is 11.8 Å². The van der Waals surface area contributed by atoms with Crippen LogP contribution in [0.5, 0.6) is 0 Å². The molecular weight excluding hydrogens is 728 g/mol. The highest BCUT2D eigenvalue weighted by atomic mass is 79.9. The lowest BCUT2D eigenvalue weighted by Gasteiger charge is -2.39. The number of benzene rings is 2. The van der Waals surface area contributed by atoms with Crippen molar-refractivity contribution in [2.45, 2.75) is 81.1 Å². The minimum Gasteiger partial charge on any atom is -0.463 e. The molecule has 280 valence electrons. The normalized spacial score (nSPS) is 25.6. The quantitative estimate of drug-likeness (QED) is 0.124. The van der Waals surface area contributed by atoms with E-state index < -0.39 is 59.5 Å². The molecule has 2 bridgehead atoms. The zero-order valence-corrected chi connectivity index (χ0v) is 31.9. The number of anilines is 2. The van der Waals surface area contributed by atoms with Crippen LogP contribution in [0.15, 0.2) is 79.9 Å². The first-order valence-electron chi connectivity index (χ1n) is 18.2. The first-order valence-corrected chi connectivity index (χ1v) is 19.2. The van der Waals surface area contributed by atoms with Crippen molar-refractivity contribution in [1.29, 1.82) is 0 Å². The van der Waals surface area contributed by atoms with Crippen LogP contribution in [0.3, 0.4) is 0 Å². The summed E-state index contributed by atoms with van der Waals surface area (Å²) in [5.41, 5.74) is 1.05. The Balaban J connectivity index is 1.50. The highest BCUT2D eigenvalue weighted by molar-refractivity contribution is 9.09. The molecule has 1 spiro atoms. The van der Waals surface area contributed by atoms with Gasteiger partial charge in [0.15, 0.2) is 0 Å². The molecule has 3 amide bonds. The predicted molar refractivity (Wildman–Crippen MR) is 204 cm³/mol. The van der Waals surface area contributed by atoms with Gasteiger partial charge in [0.25, 0.3) is 5.91 Å². The lowest BCUT2D eigenvalue weighted by molar-refractivity contribution is -0.146. The molecular formula is C40H51BrN4O7. The van der Waals surface area contributed by atoms with Crippen molar-refractivity contribution in [2.75, 3.05) is 42.6 Å². The summed E-state index contributed by atoms with van der Waals surface area (Å²) in [6.45, 7) is 15.0. The number of likely N-dealkylation sites (tertiary alicyclic amines) is 1. The van der Waals surface area contributed by atoms with Gasteiger partial charge in [0.2, 0.25) is 11.8 Å². The van der Waals surface area contributed by atoms with Crippen molar-refractivity contribution in [3.63, 3.8) is 0 Å². The third kappa shape index (κ3) is 7.43. The number of esters is 1. The Bertz CT molecular complexity index is 1600. The Labute approximate surface area is 315 Å². The van der Waals surface area contributed by atoms with E-state index in [0.29, 0.717) is 24.9 Å². The second kappa shape index (κ2) is 17.2.